The minimum Gasteiger partial charge on any atom is -0.480 e. The van der Waals surface area contributed by atoms with Gasteiger partial charge in [-0.1, -0.05) is 20.8 Å². The van der Waals surface area contributed by atoms with Gasteiger partial charge in [-0.3, -0.25) is 0 Å². The Morgan fingerprint density at radius 1 is 1.24 bits per heavy atom. The van der Waals surface area contributed by atoms with Crippen LogP contribution in [-0.2, 0) is 4.79 Å². The zero-order valence-electron chi connectivity index (χ0n) is 11.0. The Hall–Kier alpha value is -1.30. The summed E-state index contributed by atoms with van der Waals surface area (Å²) in [5.74, 6) is -1.03. The van der Waals surface area contributed by atoms with Crippen molar-refractivity contribution in [2.75, 3.05) is 20.1 Å². The molecule has 0 heterocycles. The molecule has 0 spiro atoms. The average molecular weight is 245 g/mol. The Kier molecular flexibility index (Phi) is 6.57. The van der Waals surface area contributed by atoms with Crippen molar-refractivity contribution >= 4 is 12.0 Å². The van der Waals surface area contributed by atoms with Gasteiger partial charge in [-0.05, 0) is 25.4 Å². The molecule has 0 fully saturated rings. The maximum absolute atomic E-state index is 11.5. The predicted molar refractivity (Wildman–Crippen MR) is 66.0 cm³/mol. The van der Waals surface area contributed by atoms with E-state index < -0.39 is 23.5 Å². The van der Waals surface area contributed by atoms with Crippen LogP contribution in [0.15, 0.2) is 0 Å². The molecule has 0 aliphatic heterocycles. The van der Waals surface area contributed by atoms with Crippen LogP contribution in [0.3, 0.4) is 0 Å². The number of amides is 2. The first-order chi connectivity index (χ1) is 7.79. The Bertz CT molecular complexity index is 261. The van der Waals surface area contributed by atoms with E-state index in [1.807, 2.05) is 7.05 Å². The monoisotopic (exact) mass is 245 g/mol. The zero-order chi connectivity index (χ0) is 13.5. The molecule has 0 aliphatic rings. The molecule has 2 amide bonds. The standard InChI is InChI=1S/C11H23N3O3/c1-11(2,3)8(9(15)16)14-10(17)13-7-5-6-12-4/h8,12H,5-7H2,1-4H3,(H,15,16)(H2,13,14,17)/t8-/m0/s1. The smallest absolute Gasteiger partial charge is 0.326 e. The molecule has 6 nitrogen and oxygen atoms in total. The highest BCUT2D eigenvalue weighted by Crippen LogP contribution is 2.19. The number of hydrogen-bond acceptors (Lipinski definition) is 3. The van der Waals surface area contributed by atoms with Gasteiger partial charge in [-0.25, -0.2) is 9.59 Å². The number of rotatable bonds is 6. The molecule has 0 radical (unpaired) electrons. The normalized spacial score (nSPS) is 12.9. The summed E-state index contributed by atoms with van der Waals surface area (Å²) < 4.78 is 0. The van der Waals surface area contributed by atoms with Gasteiger partial charge in [0, 0.05) is 6.54 Å². The van der Waals surface area contributed by atoms with Crippen molar-refractivity contribution in [3.05, 3.63) is 0 Å². The van der Waals surface area contributed by atoms with Crippen LogP contribution in [0.2, 0.25) is 0 Å². The molecule has 0 saturated heterocycles. The minimum atomic E-state index is -1.03. The van der Waals surface area contributed by atoms with Crippen molar-refractivity contribution in [3.63, 3.8) is 0 Å². The summed E-state index contributed by atoms with van der Waals surface area (Å²) >= 11 is 0. The fourth-order valence-electron chi connectivity index (χ4n) is 1.30. The van der Waals surface area contributed by atoms with Crippen LogP contribution in [0.5, 0.6) is 0 Å². The first-order valence-electron chi connectivity index (χ1n) is 5.70. The van der Waals surface area contributed by atoms with Crippen LogP contribution < -0.4 is 16.0 Å². The third-order valence-electron chi connectivity index (χ3n) is 2.28. The number of carbonyl (C=O) groups is 2. The van der Waals surface area contributed by atoms with Gasteiger partial charge < -0.3 is 21.1 Å². The molecule has 1 atom stereocenters. The van der Waals surface area contributed by atoms with Crippen LogP contribution in [0, 0.1) is 5.41 Å². The second-order valence-electron chi connectivity index (χ2n) is 4.99. The Morgan fingerprint density at radius 2 is 1.82 bits per heavy atom. The highest BCUT2D eigenvalue weighted by atomic mass is 16.4. The van der Waals surface area contributed by atoms with E-state index in [1.165, 1.54) is 0 Å². The Labute approximate surface area is 102 Å². The quantitative estimate of drug-likeness (QED) is 0.510. The van der Waals surface area contributed by atoms with Gasteiger partial charge in [-0.15, -0.1) is 0 Å². The van der Waals surface area contributed by atoms with Gasteiger partial charge in [0.15, 0.2) is 0 Å². The molecule has 0 unspecified atom stereocenters. The van der Waals surface area contributed by atoms with Crippen molar-refractivity contribution in [2.24, 2.45) is 5.41 Å². The first kappa shape index (κ1) is 15.7. The van der Waals surface area contributed by atoms with Gasteiger partial charge in [0.05, 0.1) is 0 Å². The summed E-state index contributed by atoms with van der Waals surface area (Å²) in [7, 11) is 1.83. The summed E-state index contributed by atoms with van der Waals surface area (Å²) in [6.45, 7) is 6.64. The lowest BCUT2D eigenvalue weighted by Gasteiger charge is -2.27. The number of carboxylic acids is 1. The molecular weight excluding hydrogens is 222 g/mol. The molecule has 100 valence electrons. The molecular formula is C11H23N3O3. The third kappa shape index (κ3) is 6.78. The largest absolute Gasteiger partial charge is 0.480 e. The molecule has 0 saturated carbocycles. The van der Waals surface area contributed by atoms with Crippen LogP contribution in [0.25, 0.3) is 0 Å². The maximum atomic E-state index is 11.5. The lowest BCUT2D eigenvalue weighted by atomic mass is 9.87. The van der Waals surface area contributed by atoms with Crippen LogP contribution in [0.4, 0.5) is 4.79 Å². The third-order valence-corrected chi connectivity index (χ3v) is 2.28. The topological polar surface area (TPSA) is 90.5 Å². The van der Waals surface area contributed by atoms with E-state index >= 15 is 0 Å². The molecule has 6 heteroatoms. The molecule has 0 aromatic heterocycles. The molecule has 0 aromatic rings. The van der Waals surface area contributed by atoms with E-state index in [0.717, 1.165) is 13.0 Å². The number of aliphatic carboxylic acids is 1. The lowest BCUT2D eigenvalue weighted by Crippen LogP contribution is -2.52. The summed E-state index contributed by atoms with van der Waals surface area (Å²) in [5, 5.41) is 17.1. The summed E-state index contributed by atoms with van der Waals surface area (Å²) in [5.41, 5.74) is -0.520. The van der Waals surface area contributed by atoms with Crippen molar-refractivity contribution in [1.29, 1.82) is 0 Å². The van der Waals surface area contributed by atoms with Crippen molar-refractivity contribution < 1.29 is 14.7 Å². The van der Waals surface area contributed by atoms with Crippen molar-refractivity contribution in [3.8, 4) is 0 Å². The van der Waals surface area contributed by atoms with Gasteiger partial charge in [0.25, 0.3) is 0 Å². The molecule has 17 heavy (non-hydrogen) atoms. The Balaban J connectivity index is 4.11. The number of hydrogen-bond donors (Lipinski definition) is 4. The zero-order valence-corrected chi connectivity index (χ0v) is 11.0. The fraction of sp³-hybridized carbons (Fsp3) is 0.818. The van der Waals surface area contributed by atoms with Crippen molar-refractivity contribution in [2.45, 2.75) is 33.2 Å². The van der Waals surface area contributed by atoms with Gasteiger partial charge in [-0.2, -0.15) is 0 Å². The van der Waals surface area contributed by atoms with E-state index in [9.17, 15) is 9.59 Å². The van der Waals surface area contributed by atoms with E-state index in [4.69, 9.17) is 5.11 Å². The van der Waals surface area contributed by atoms with Gasteiger partial charge in [0.2, 0.25) is 0 Å². The van der Waals surface area contributed by atoms with E-state index in [2.05, 4.69) is 16.0 Å². The molecule has 0 bridgehead atoms. The van der Waals surface area contributed by atoms with E-state index in [1.54, 1.807) is 20.8 Å². The number of nitrogens with one attached hydrogen (secondary N) is 3. The number of urea groups is 1. The summed E-state index contributed by atoms with van der Waals surface area (Å²) in [6.07, 6.45) is 0.803. The SMILES string of the molecule is CNCCCNC(=O)N[C@@H](C(=O)O)C(C)(C)C. The van der Waals surface area contributed by atoms with Crippen LogP contribution >= 0.6 is 0 Å². The molecule has 0 rings (SSSR count). The van der Waals surface area contributed by atoms with Gasteiger partial charge >= 0.3 is 12.0 Å². The highest BCUT2D eigenvalue weighted by molar-refractivity contribution is 5.83. The first-order valence-corrected chi connectivity index (χ1v) is 5.70. The maximum Gasteiger partial charge on any atom is 0.326 e. The highest BCUT2D eigenvalue weighted by Gasteiger charge is 2.32. The Morgan fingerprint density at radius 3 is 2.24 bits per heavy atom. The van der Waals surface area contributed by atoms with E-state index in [-0.39, 0.29) is 0 Å². The van der Waals surface area contributed by atoms with Crippen LogP contribution in [0.1, 0.15) is 27.2 Å². The molecule has 0 aromatic carbocycles. The van der Waals surface area contributed by atoms with Crippen molar-refractivity contribution in [1.82, 2.24) is 16.0 Å². The predicted octanol–water partition coefficient (Wildman–Crippen LogP) is 0.394. The molecule has 0 aliphatic carbocycles. The van der Waals surface area contributed by atoms with E-state index in [0.29, 0.717) is 6.54 Å². The second-order valence-corrected chi connectivity index (χ2v) is 4.99. The van der Waals surface area contributed by atoms with Gasteiger partial charge in [0.1, 0.15) is 6.04 Å². The second kappa shape index (κ2) is 7.11. The lowest BCUT2D eigenvalue weighted by molar-refractivity contribution is -0.141. The summed E-state index contributed by atoms with van der Waals surface area (Å²) in [4.78, 5) is 22.5. The van der Waals surface area contributed by atoms with Crippen LogP contribution in [-0.4, -0.2) is 43.3 Å². The summed E-state index contributed by atoms with van der Waals surface area (Å²) in [6, 6.07) is -1.34. The number of carbonyl (C=O) groups excluding carboxylic acids is 1. The minimum absolute atomic E-state index is 0.441. The molecule has 4 N–H and O–H groups in total. The number of carboxylic acid groups (broad SMARTS) is 1. The average Bonchev–Trinajstić information content (AvgIpc) is 2.19. The fourth-order valence-corrected chi connectivity index (χ4v) is 1.30.